The summed E-state index contributed by atoms with van der Waals surface area (Å²) in [4.78, 5) is 36.1. The van der Waals surface area contributed by atoms with E-state index in [0.29, 0.717) is 36.5 Å². The maximum absolute atomic E-state index is 15.2. The number of carbonyl (C=O) groups is 1. The lowest BCUT2D eigenvalue weighted by Gasteiger charge is -2.32. The SMILES string of the molecule is CC.Cc1cc(NC(=O)c2c(F)cc([N+](=O)[O-])cc2N2CCC3C(C)C3C2)nc(N2CCC(F)(F)CC2)n1. The van der Waals surface area contributed by atoms with Gasteiger partial charge >= 0.3 is 0 Å². The first-order valence-electron chi connectivity index (χ1n) is 13.0. The number of nitrogens with zero attached hydrogens (tertiary/aromatic N) is 5. The van der Waals surface area contributed by atoms with Gasteiger partial charge in [-0.2, -0.15) is 4.98 Å². The number of anilines is 3. The highest BCUT2D eigenvalue weighted by Crippen LogP contribution is 2.52. The van der Waals surface area contributed by atoms with Gasteiger partial charge in [0.15, 0.2) is 0 Å². The minimum atomic E-state index is -2.73. The number of nitro groups is 1. The summed E-state index contributed by atoms with van der Waals surface area (Å²) in [5, 5.41) is 14.0. The Morgan fingerprint density at radius 2 is 1.79 bits per heavy atom. The fourth-order valence-corrected chi connectivity index (χ4v) is 5.41. The van der Waals surface area contributed by atoms with Crippen LogP contribution in [0.1, 0.15) is 56.1 Å². The van der Waals surface area contributed by atoms with Gasteiger partial charge in [-0.15, -0.1) is 0 Å². The van der Waals surface area contributed by atoms with Crippen LogP contribution in [-0.2, 0) is 0 Å². The highest BCUT2D eigenvalue weighted by atomic mass is 19.3. The average Bonchev–Trinajstić information content (AvgIpc) is 3.52. The molecule has 3 aliphatic rings. The molecule has 1 aromatic heterocycles. The Balaban J connectivity index is 0.00000164. The molecule has 0 bridgehead atoms. The number of hydrogen-bond donors (Lipinski definition) is 1. The molecular formula is C26H33F3N6O3. The number of amides is 1. The number of fused-ring (bicyclic) bond motifs is 1. The molecule has 1 N–H and O–H groups in total. The number of nitrogens with one attached hydrogen (secondary N) is 1. The third kappa shape index (κ3) is 5.68. The van der Waals surface area contributed by atoms with Crippen molar-refractivity contribution in [3.8, 4) is 0 Å². The molecule has 0 spiro atoms. The van der Waals surface area contributed by atoms with Crippen molar-refractivity contribution in [3.63, 3.8) is 0 Å². The molecule has 1 aromatic carbocycles. The molecule has 2 saturated heterocycles. The van der Waals surface area contributed by atoms with Gasteiger partial charge in [-0.25, -0.2) is 18.2 Å². The summed E-state index contributed by atoms with van der Waals surface area (Å²) in [5.74, 6) is -2.67. The summed E-state index contributed by atoms with van der Waals surface area (Å²) >= 11 is 0. The predicted molar refractivity (Wildman–Crippen MR) is 138 cm³/mol. The van der Waals surface area contributed by atoms with E-state index in [1.807, 2.05) is 18.7 Å². The molecule has 1 saturated carbocycles. The predicted octanol–water partition coefficient (Wildman–Crippen LogP) is 5.44. The third-order valence-corrected chi connectivity index (χ3v) is 7.62. The highest BCUT2D eigenvalue weighted by Gasteiger charge is 2.50. The fraction of sp³-hybridized carbons (Fsp3) is 0.577. The number of rotatable bonds is 5. The van der Waals surface area contributed by atoms with Crippen molar-refractivity contribution in [2.45, 2.75) is 52.9 Å². The molecule has 1 amide bonds. The van der Waals surface area contributed by atoms with Gasteiger partial charge < -0.3 is 15.1 Å². The number of hydrogen-bond acceptors (Lipinski definition) is 7. The molecule has 5 rings (SSSR count). The van der Waals surface area contributed by atoms with Crippen molar-refractivity contribution in [3.05, 3.63) is 45.4 Å². The van der Waals surface area contributed by atoms with Gasteiger partial charge in [-0.1, -0.05) is 20.8 Å². The molecule has 2 aliphatic heterocycles. The Morgan fingerprint density at radius 3 is 2.42 bits per heavy atom. The fourth-order valence-electron chi connectivity index (χ4n) is 5.41. The van der Waals surface area contributed by atoms with Crippen LogP contribution in [0.4, 0.5) is 36.3 Å². The van der Waals surface area contributed by atoms with Crippen molar-refractivity contribution >= 4 is 29.0 Å². The van der Waals surface area contributed by atoms with E-state index in [9.17, 15) is 23.7 Å². The van der Waals surface area contributed by atoms with Gasteiger partial charge in [0.05, 0.1) is 22.2 Å². The van der Waals surface area contributed by atoms with E-state index in [4.69, 9.17) is 0 Å². The number of nitro benzene ring substituents is 1. The lowest BCUT2D eigenvalue weighted by Crippen LogP contribution is -2.40. The highest BCUT2D eigenvalue weighted by molar-refractivity contribution is 6.08. The molecule has 3 fully saturated rings. The van der Waals surface area contributed by atoms with Crippen LogP contribution < -0.4 is 15.1 Å². The van der Waals surface area contributed by atoms with Gasteiger partial charge in [-0.3, -0.25) is 14.9 Å². The topological polar surface area (TPSA) is 104 Å². The molecular weight excluding hydrogens is 501 g/mol. The van der Waals surface area contributed by atoms with Crippen LogP contribution in [-0.4, -0.2) is 52.9 Å². The Kier molecular flexibility index (Phi) is 7.80. The second kappa shape index (κ2) is 10.7. The van der Waals surface area contributed by atoms with Crippen LogP contribution in [0.5, 0.6) is 0 Å². The van der Waals surface area contributed by atoms with E-state index in [-0.39, 0.29) is 48.9 Å². The molecule has 3 heterocycles. The lowest BCUT2D eigenvalue weighted by molar-refractivity contribution is -0.385. The molecule has 206 valence electrons. The van der Waals surface area contributed by atoms with Crippen molar-refractivity contribution in [1.82, 2.24) is 9.97 Å². The summed E-state index contributed by atoms with van der Waals surface area (Å²) < 4.78 is 42.3. The Labute approximate surface area is 219 Å². The van der Waals surface area contributed by atoms with Gasteiger partial charge in [0, 0.05) is 56.8 Å². The van der Waals surface area contributed by atoms with Gasteiger partial charge in [0.1, 0.15) is 11.6 Å². The van der Waals surface area contributed by atoms with Crippen molar-refractivity contribution in [1.29, 1.82) is 0 Å². The Hall–Kier alpha value is -3.44. The minimum Gasteiger partial charge on any atom is -0.370 e. The summed E-state index contributed by atoms with van der Waals surface area (Å²) in [6.07, 6.45) is 0.236. The summed E-state index contributed by atoms with van der Waals surface area (Å²) in [6, 6.07) is 3.49. The average molecular weight is 535 g/mol. The monoisotopic (exact) mass is 534 g/mol. The number of carbonyl (C=O) groups excluding carboxylic acids is 1. The van der Waals surface area contributed by atoms with Crippen LogP contribution in [0.3, 0.4) is 0 Å². The molecule has 3 unspecified atom stereocenters. The van der Waals surface area contributed by atoms with E-state index >= 15 is 4.39 Å². The molecule has 1 aliphatic carbocycles. The quantitative estimate of drug-likeness (QED) is 0.402. The second-order valence-corrected chi connectivity index (χ2v) is 9.99. The molecule has 0 radical (unpaired) electrons. The van der Waals surface area contributed by atoms with Crippen molar-refractivity contribution < 1.29 is 22.9 Å². The molecule has 3 atom stereocenters. The maximum atomic E-state index is 15.2. The lowest BCUT2D eigenvalue weighted by atomic mass is 10.1. The molecule has 9 nitrogen and oxygen atoms in total. The van der Waals surface area contributed by atoms with Crippen LogP contribution >= 0.6 is 0 Å². The zero-order valence-corrected chi connectivity index (χ0v) is 22.0. The standard InChI is InChI=1S/C24H27F3N6O3.C2H6/c1-13-9-20(30-23(28-13)31-7-4-24(26,27)5-8-31)29-22(34)21-18(25)10-15(33(35)36)11-19(21)32-6-3-16-14(2)17(16)12-32;1-2/h9-11,14,16-17H,3-8,12H2,1-2H3,(H,28,29,30,34);1-2H3. The number of non-ortho nitro benzene ring substituents is 1. The zero-order valence-electron chi connectivity index (χ0n) is 22.0. The molecule has 12 heteroatoms. The third-order valence-electron chi connectivity index (χ3n) is 7.62. The smallest absolute Gasteiger partial charge is 0.274 e. The number of alkyl halides is 2. The number of aromatic nitrogens is 2. The van der Waals surface area contributed by atoms with E-state index < -0.39 is 28.3 Å². The van der Waals surface area contributed by atoms with Crippen LogP contribution in [0.2, 0.25) is 0 Å². The minimum absolute atomic E-state index is 0.0700. The van der Waals surface area contributed by atoms with Crippen LogP contribution in [0.25, 0.3) is 0 Å². The van der Waals surface area contributed by atoms with E-state index in [1.54, 1.807) is 11.8 Å². The Bertz CT molecular complexity index is 1220. The second-order valence-electron chi connectivity index (χ2n) is 9.99. The number of benzene rings is 1. The normalized spacial score (nSPS) is 23.6. The van der Waals surface area contributed by atoms with Gasteiger partial charge in [0.2, 0.25) is 5.95 Å². The van der Waals surface area contributed by atoms with Crippen LogP contribution in [0.15, 0.2) is 18.2 Å². The number of halogens is 3. The zero-order chi connectivity index (χ0) is 27.8. The number of aryl methyl sites for hydroxylation is 1. The largest absolute Gasteiger partial charge is 0.370 e. The molecule has 2 aromatic rings. The Morgan fingerprint density at radius 1 is 1.11 bits per heavy atom. The van der Waals surface area contributed by atoms with Gasteiger partial charge in [0.25, 0.3) is 17.5 Å². The summed E-state index contributed by atoms with van der Waals surface area (Å²) in [7, 11) is 0. The van der Waals surface area contributed by atoms with E-state index in [2.05, 4.69) is 22.2 Å². The van der Waals surface area contributed by atoms with Crippen LogP contribution in [0, 0.1) is 40.6 Å². The van der Waals surface area contributed by atoms with E-state index in [1.165, 1.54) is 12.1 Å². The number of piperidine rings is 2. The first kappa shape index (κ1) is 27.6. The summed E-state index contributed by atoms with van der Waals surface area (Å²) in [5.41, 5.74) is -0.0299. The maximum Gasteiger partial charge on any atom is 0.274 e. The van der Waals surface area contributed by atoms with Gasteiger partial charge in [-0.05, 0) is 31.1 Å². The molecule has 38 heavy (non-hydrogen) atoms. The first-order chi connectivity index (χ1) is 18.0. The summed E-state index contributed by atoms with van der Waals surface area (Å²) in [6.45, 7) is 9.14. The first-order valence-corrected chi connectivity index (χ1v) is 13.0. The van der Waals surface area contributed by atoms with E-state index in [0.717, 1.165) is 12.5 Å². The van der Waals surface area contributed by atoms with Crippen molar-refractivity contribution in [2.24, 2.45) is 17.8 Å². The van der Waals surface area contributed by atoms with Crippen molar-refractivity contribution in [2.75, 3.05) is 41.3 Å².